The molecule has 0 amide bonds. The molecule has 1 aromatic heterocycles. The van der Waals surface area contributed by atoms with Gasteiger partial charge in [-0.15, -0.1) is 0 Å². The number of H-pyrrole nitrogens is 1. The number of esters is 1. The van der Waals surface area contributed by atoms with E-state index in [0.717, 1.165) is 12.3 Å². The van der Waals surface area contributed by atoms with Gasteiger partial charge in [-0.3, -0.25) is 4.79 Å². The van der Waals surface area contributed by atoms with Crippen LogP contribution in [0.15, 0.2) is 30.7 Å². The lowest BCUT2D eigenvalue weighted by molar-refractivity contribution is -0.104. The molecule has 12 heavy (non-hydrogen) atoms. The second-order valence-corrected chi connectivity index (χ2v) is 1.95. The summed E-state index contributed by atoms with van der Waals surface area (Å²) in [5.41, 5.74) is 0.352. The van der Waals surface area contributed by atoms with Crippen LogP contribution in [0.1, 0.15) is 10.5 Å². The first-order chi connectivity index (χ1) is 5.84. The van der Waals surface area contributed by atoms with Crippen LogP contribution in [0.2, 0.25) is 0 Å². The molecule has 0 saturated heterocycles. The summed E-state index contributed by atoms with van der Waals surface area (Å²) in [5.74, 6) is -0.516. The van der Waals surface area contributed by atoms with Crippen LogP contribution in [0.25, 0.3) is 0 Å². The largest absolute Gasteiger partial charge is 0.430 e. The Morgan fingerprint density at radius 2 is 2.42 bits per heavy atom. The van der Waals surface area contributed by atoms with Gasteiger partial charge in [0.15, 0.2) is 0 Å². The fraction of sp³-hybridized carbons (Fsp3) is 0. The van der Waals surface area contributed by atoms with Crippen LogP contribution in [0.5, 0.6) is 0 Å². The number of hydrogen-bond acceptors (Lipinski definition) is 3. The molecule has 0 spiro atoms. The maximum Gasteiger partial charge on any atom is 0.359 e. The molecular weight excluding hydrogens is 158 g/mol. The summed E-state index contributed by atoms with van der Waals surface area (Å²) >= 11 is 0. The van der Waals surface area contributed by atoms with E-state index in [1.165, 1.54) is 0 Å². The van der Waals surface area contributed by atoms with Crippen molar-refractivity contribution in [1.29, 1.82) is 0 Å². The zero-order valence-corrected chi connectivity index (χ0v) is 6.19. The molecule has 62 valence electrons. The molecule has 0 radical (unpaired) electrons. The molecule has 0 fully saturated rings. The first-order valence-corrected chi connectivity index (χ1v) is 3.29. The van der Waals surface area contributed by atoms with Crippen LogP contribution in [-0.2, 0) is 9.53 Å². The summed E-state index contributed by atoms with van der Waals surface area (Å²) in [6.45, 7) is 0. The SMILES string of the molecule is O=CC=COC(=O)c1ccc[nH]1. The number of ether oxygens (including phenoxy) is 1. The maximum absolute atomic E-state index is 11.0. The molecule has 4 nitrogen and oxygen atoms in total. The Morgan fingerprint density at radius 3 is 3.00 bits per heavy atom. The van der Waals surface area contributed by atoms with Gasteiger partial charge < -0.3 is 9.72 Å². The van der Waals surface area contributed by atoms with Gasteiger partial charge in [-0.05, 0) is 12.1 Å². The molecule has 0 bridgehead atoms. The lowest BCUT2D eigenvalue weighted by Gasteiger charge is -1.93. The van der Waals surface area contributed by atoms with E-state index in [1.54, 1.807) is 18.3 Å². The molecule has 0 aliphatic rings. The van der Waals surface area contributed by atoms with E-state index in [2.05, 4.69) is 9.72 Å². The molecule has 0 unspecified atom stereocenters. The Morgan fingerprint density at radius 1 is 1.58 bits per heavy atom. The van der Waals surface area contributed by atoms with Crippen LogP contribution in [0.3, 0.4) is 0 Å². The topological polar surface area (TPSA) is 59.2 Å². The van der Waals surface area contributed by atoms with E-state index < -0.39 is 5.97 Å². The molecule has 0 aliphatic carbocycles. The lowest BCUT2D eigenvalue weighted by Crippen LogP contribution is -2.00. The van der Waals surface area contributed by atoms with Gasteiger partial charge in [0.1, 0.15) is 12.0 Å². The van der Waals surface area contributed by atoms with E-state index in [-0.39, 0.29) is 0 Å². The van der Waals surface area contributed by atoms with Crippen LogP contribution >= 0.6 is 0 Å². The van der Waals surface area contributed by atoms with Crippen molar-refractivity contribution >= 4 is 12.3 Å². The molecule has 1 heterocycles. The van der Waals surface area contributed by atoms with Crippen LogP contribution in [-0.4, -0.2) is 17.2 Å². The number of rotatable bonds is 3. The molecule has 0 aliphatic heterocycles. The number of hydrogen-bond donors (Lipinski definition) is 1. The second-order valence-electron chi connectivity index (χ2n) is 1.95. The van der Waals surface area contributed by atoms with Gasteiger partial charge >= 0.3 is 5.97 Å². The highest BCUT2D eigenvalue weighted by Gasteiger charge is 2.03. The average molecular weight is 165 g/mol. The van der Waals surface area contributed by atoms with E-state index in [0.29, 0.717) is 12.0 Å². The van der Waals surface area contributed by atoms with Crippen LogP contribution in [0, 0.1) is 0 Å². The van der Waals surface area contributed by atoms with Gasteiger partial charge in [-0.25, -0.2) is 4.79 Å². The number of aromatic nitrogens is 1. The first-order valence-electron chi connectivity index (χ1n) is 3.29. The molecule has 0 saturated carbocycles. The van der Waals surface area contributed by atoms with Crippen molar-refractivity contribution in [3.8, 4) is 0 Å². The molecule has 0 atom stereocenters. The molecule has 4 heteroatoms. The van der Waals surface area contributed by atoms with Gasteiger partial charge in [0, 0.05) is 12.3 Å². The van der Waals surface area contributed by atoms with Crippen molar-refractivity contribution in [3.05, 3.63) is 36.4 Å². The van der Waals surface area contributed by atoms with Crippen molar-refractivity contribution in [1.82, 2.24) is 4.98 Å². The Hall–Kier alpha value is -1.84. The Labute approximate surface area is 68.8 Å². The number of aromatic amines is 1. The standard InChI is InChI=1S/C8H7NO3/c10-5-2-6-12-8(11)7-3-1-4-9-7/h1-6,9H. The van der Waals surface area contributed by atoms with E-state index in [1.807, 2.05) is 0 Å². The summed E-state index contributed by atoms with van der Waals surface area (Å²) in [5, 5.41) is 0. The molecule has 1 N–H and O–H groups in total. The quantitative estimate of drug-likeness (QED) is 0.313. The second kappa shape index (κ2) is 4.12. The van der Waals surface area contributed by atoms with Gasteiger partial charge in [0.2, 0.25) is 0 Å². The predicted molar refractivity (Wildman–Crippen MR) is 41.4 cm³/mol. The molecule has 0 aromatic carbocycles. The number of nitrogens with one attached hydrogen (secondary N) is 1. The van der Waals surface area contributed by atoms with Gasteiger partial charge in [0.05, 0.1) is 6.26 Å². The van der Waals surface area contributed by atoms with E-state index in [9.17, 15) is 9.59 Å². The Bertz CT molecular complexity index is 287. The minimum Gasteiger partial charge on any atom is -0.430 e. The summed E-state index contributed by atoms with van der Waals surface area (Å²) < 4.78 is 4.54. The third-order valence-electron chi connectivity index (χ3n) is 1.15. The number of carbonyl (C=O) groups excluding carboxylic acids is 2. The van der Waals surface area contributed by atoms with Gasteiger partial charge in [-0.2, -0.15) is 0 Å². The average Bonchev–Trinajstić information content (AvgIpc) is 2.56. The van der Waals surface area contributed by atoms with Gasteiger partial charge in [0.25, 0.3) is 0 Å². The lowest BCUT2D eigenvalue weighted by atomic mass is 10.4. The van der Waals surface area contributed by atoms with Crippen LogP contribution < -0.4 is 0 Å². The zero-order valence-electron chi connectivity index (χ0n) is 6.19. The maximum atomic E-state index is 11.0. The Balaban J connectivity index is 2.50. The molecular formula is C8H7NO3. The van der Waals surface area contributed by atoms with E-state index >= 15 is 0 Å². The monoisotopic (exact) mass is 165 g/mol. The summed E-state index contributed by atoms with van der Waals surface area (Å²) in [4.78, 5) is 23.4. The minimum absolute atomic E-state index is 0.352. The fourth-order valence-electron chi connectivity index (χ4n) is 0.654. The number of carbonyl (C=O) groups is 2. The summed E-state index contributed by atoms with van der Waals surface area (Å²) in [6, 6.07) is 3.26. The highest BCUT2D eigenvalue weighted by molar-refractivity contribution is 5.87. The first kappa shape index (κ1) is 8.26. The highest BCUT2D eigenvalue weighted by Crippen LogP contribution is 1.97. The Kier molecular flexibility index (Phi) is 2.84. The van der Waals surface area contributed by atoms with E-state index in [4.69, 9.17) is 0 Å². The fourth-order valence-corrected chi connectivity index (χ4v) is 0.654. The predicted octanol–water partition coefficient (Wildman–Crippen LogP) is 0.884. The van der Waals surface area contributed by atoms with Crippen molar-refractivity contribution in [2.24, 2.45) is 0 Å². The highest BCUT2D eigenvalue weighted by atomic mass is 16.5. The third kappa shape index (κ3) is 2.09. The number of aldehydes is 1. The van der Waals surface area contributed by atoms with Crippen molar-refractivity contribution in [2.75, 3.05) is 0 Å². The summed E-state index contributed by atoms with van der Waals surface area (Å²) in [7, 11) is 0. The van der Waals surface area contributed by atoms with Crippen molar-refractivity contribution in [3.63, 3.8) is 0 Å². The summed E-state index contributed by atoms with van der Waals surface area (Å²) in [6.07, 6.45) is 4.28. The normalized spacial score (nSPS) is 10.0. The third-order valence-corrected chi connectivity index (χ3v) is 1.15. The molecule has 1 rings (SSSR count). The zero-order chi connectivity index (χ0) is 8.81. The molecule has 1 aromatic rings. The number of allylic oxidation sites excluding steroid dienone is 1. The minimum atomic E-state index is -0.516. The van der Waals surface area contributed by atoms with Crippen molar-refractivity contribution < 1.29 is 14.3 Å². The smallest absolute Gasteiger partial charge is 0.359 e. The van der Waals surface area contributed by atoms with Gasteiger partial charge in [-0.1, -0.05) is 0 Å². The van der Waals surface area contributed by atoms with Crippen molar-refractivity contribution in [2.45, 2.75) is 0 Å². The van der Waals surface area contributed by atoms with Crippen LogP contribution in [0.4, 0.5) is 0 Å².